The van der Waals surface area contributed by atoms with Crippen LogP contribution in [-0.4, -0.2) is 72.2 Å². The molecule has 1 atom stereocenters. The number of hydrogen-bond acceptors (Lipinski definition) is 5. The average molecular weight is 428 g/mol. The Balaban J connectivity index is 1.32. The van der Waals surface area contributed by atoms with E-state index >= 15 is 0 Å². The molecule has 3 amide bonds. The molecule has 3 heterocycles. The highest BCUT2D eigenvalue weighted by atomic mass is 19.1. The Hall–Kier alpha value is -3.20. The van der Waals surface area contributed by atoms with E-state index in [2.05, 4.69) is 10.3 Å². The van der Waals surface area contributed by atoms with Gasteiger partial charge in [0, 0.05) is 38.8 Å². The third kappa shape index (κ3) is 5.29. The predicted octanol–water partition coefficient (Wildman–Crippen LogP) is 2.06. The number of ether oxygens (including phenoxy) is 2. The van der Waals surface area contributed by atoms with E-state index in [-0.39, 0.29) is 29.7 Å². The molecule has 164 valence electrons. The fourth-order valence-corrected chi connectivity index (χ4v) is 3.64. The second-order valence-corrected chi connectivity index (χ2v) is 7.52. The number of urea groups is 1. The van der Waals surface area contributed by atoms with Gasteiger partial charge in [-0.05, 0) is 29.8 Å². The summed E-state index contributed by atoms with van der Waals surface area (Å²) in [6.45, 7) is 3.38. The van der Waals surface area contributed by atoms with Gasteiger partial charge in [-0.15, -0.1) is 0 Å². The number of amides is 3. The highest BCUT2D eigenvalue weighted by molar-refractivity contribution is 5.96. The molecule has 2 aliphatic heterocycles. The van der Waals surface area contributed by atoms with Gasteiger partial charge in [0.05, 0.1) is 19.8 Å². The maximum absolute atomic E-state index is 13.0. The number of halogens is 1. The van der Waals surface area contributed by atoms with Gasteiger partial charge in [0.25, 0.3) is 5.91 Å². The fourth-order valence-electron chi connectivity index (χ4n) is 3.64. The van der Waals surface area contributed by atoms with Crippen molar-refractivity contribution in [3.05, 3.63) is 59.5 Å². The van der Waals surface area contributed by atoms with Gasteiger partial charge in [0.1, 0.15) is 17.5 Å². The van der Waals surface area contributed by atoms with Crippen molar-refractivity contribution in [1.29, 1.82) is 0 Å². The monoisotopic (exact) mass is 428 g/mol. The third-order valence-electron chi connectivity index (χ3n) is 5.37. The third-order valence-corrected chi connectivity index (χ3v) is 5.37. The number of pyridine rings is 1. The Bertz CT molecular complexity index is 918. The Morgan fingerprint density at radius 2 is 1.90 bits per heavy atom. The molecule has 1 unspecified atom stereocenters. The number of aromatic nitrogens is 1. The summed E-state index contributed by atoms with van der Waals surface area (Å²) in [5.74, 6) is -0.147. The van der Waals surface area contributed by atoms with Crippen LogP contribution < -0.4 is 10.1 Å². The Morgan fingerprint density at radius 3 is 2.68 bits per heavy atom. The first kappa shape index (κ1) is 21.0. The largest absolute Gasteiger partial charge is 0.472 e. The van der Waals surface area contributed by atoms with Gasteiger partial charge < -0.3 is 24.6 Å². The first-order valence-corrected chi connectivity index (χ1v) is 10.4. The van der Waals surface area contributed by atoms with E-state index < -0.39 is 0 Å². The lowest BCUT2D eigenvalue weighted by molar-refractivity contribution is 0.0298. The van der Waals surface area contributed by atoms with Crippen molar-refractivity contribution in [3.63, 3.8) is 0 Å². The molecule has 8 nitrogen and oxygen atoms in total. The summed E-state index contributed by atoms with van der Waals surface area (Å²) in [5, 5.41) is 2.84. The smallest absolute Gasteiger partial charge is 0.317 e. The van der Waals surface area contributed by atoms with Crippen molar-refractivity contribution in [2.75, 3.05) is 39.4 Å². The molecule has 4 rings (SSSR count). The minimum absolute atomic E-state index is 0.127. The van der Waals surface area contributed by atoms with Gasteiger partial charge in [-0.25, -0.2) is 14.2 Å². The van der Waals surface area contributed by atoms with Gasteiger partial charge in [0.15, 0.2) is 0 Å². The van der Waals surface area contributed by atoms with Crippen molar-refractivity contribution >= 4 is 11.9 Å². The van der Waals surface area contributed by atoms with E-state index in [0.717, 1.165) is 5.56 Å². The molecule has 0 saturated carbocycles. The van der Waals surface area contributed by atoms with Crippen LogP contribution in [0.3, 0.4) is 0 Å². The maximum atomic E-state index is 13.0. The zero-order chi connectivity index (χ0) is 21.6. The van der Waals surface area contributed by atoms with Gasteiger partial charge >= 0.3 is 6.03 Å². The first-order valence-electron chi connectivity index (χ1n) is 10.4. The molecular formula is C22H25FN4O4. The van der Waals surface area contributed by atoms with Crippen LogP contribution in [0.2, 0.25) is 0 Å². The Labute approximate surface area is 179 Å². The summed E-state index contributed by atoms with van der Waals surface area (Å²) >= 11 is 0. The van der Waals surface area contributed by atoms with Crippen LogP contribution in [0, 0.1) is 5.82 Å². The first-order chi connectivity index (χ1) is 15.1. The van der Waals surface area contributed by atoms with Crippen molar-refractivity contribution in [1.82, 2.24) is 20.1 Å². The zero-order valence-electron chi connectivity index (χ0n) is 17.1. The van der Waals surface area contributed by atoms with Crippen LogP contribution in [0.25, 0.3) is 0 Å². The number of rotatable bonds is 5. The van der Waals surface area contributed by atoms with Gasteiger partial charge in [-0.3, -0.25) is 4.79 Å². The van der Waals surface area contributed by atoms with Crippen LogP contribution in [0.15, 0.2) is 42.6 Å². The van der Waals surface area contributed by atoms with Crippen molar-refractivity contribution in [2.24, 2.45) is 0 Å². The molecule has 0 radical (unpaired) electrons. The second-order valence-electron chi connectivity index (χ2n) is 7.52. The summed E-state index contributed by atoms with van der Waals surface area (Å²) in [7, 11) is 0. The standard InChI is InChI=1S/C22H25FN4O4/c23-17-5-3-16(4-6-17)14-25-22(29)27-9-7-18(15-27)31-20-19(2-1-8-24-20)21(28)26-10-12-30-13-11-26/h1-6,8,18H,7,9-15H2,(H,25,29). The molecule has 0 bridgehead atoms. The number of hydrogen-bond donors (Lipinski definition) is 1. The summed E-state index contributed by atoms with van der Waals surface area (Å²) in [4.78, 5) is 33.0. The summed E-state index contributed by atoms with van der Waals surface area (Å²) in [5.41, 5.74) is 1.24. The lowest BCUT2D eigenvalue weighted by Crippen LogP contribution is -2.41. The number of nitrogens with one attached hydrogen (secondary N) is 1. The molecule has 1 N–H and O–H groups in total. The van der Waals surface area contributed by atoms with Gasteiger partial charge in [0.2, 0.25) is 5.88 Å². The van der Waals surface area contributed by atoms with Crippen LogP contribution >= 0.6 is 0 Å². The number of carbonyl (C=O) groups is 2. The molecule has 31 heavy (non-hydrogen) atoms. The highest BCUT2D eigenvalue weighted by Gasteiger charge is 2.30. The SMILES string of the molecule is O=C(NCc1ccc(F)cc1)N1CCC(Oc2ncccc2C(=O)N2CCOCC2)C1. The molecule has 1 aromatic heterocycles. The molecule has 2 saturated heterocycles. The van der Waals surface area contributed by atoms with Crippen LogP contribution in [0.1, 0.15) is 22.3 Å². The number of carbonyl (C=O) groups excluding carboxylic acids is 2. The average Bonchev–Trinajstić information content (AvgIpc) is 3.28. The predicted molar refractivity (Wildman–Crippen MR) is 110 cm³/mol. The molecule has 2 fully saturated rings. The lowest BCUT2D eigenvalue weighted by atomic mass is 10.2. The fraction of sp³-hybridized carbons (Fsp3) is 0.409. The Kier molecular flexibility index (Phi) is 6.61. The Morgan fingerprint density at radius 1 is 1.13 bits per heavy atom. The number of morpholine rings is 1. The van der Waals surface area contributed by atoms with E-state index in [1.54, 1.807) is 40.3 Å². The molecule has 2 aromatic rings. The minimum atomic E-state index is -0.310. The number of nitrogens with zero attached hydrogens (tertiary/aromatic N) is 3. The molecule has 2 aliphatic rings. The second kappa shape index (κ2) is 9.74. The quantitative estimate of drug-likeness (QED) is 0.788. The molecule has 0 spiro atoms. The van der Waals surface area contributed by atoms with Crippen LogP contribution in [-0.2, 0) is 11.3 Å². The topological polar surface area (TPSA) is 84.0 Å². The van der Waals surface area contributed by atoms with Crippen molar-refractivity contribution in [2.45, 2.75) is 19.1 Å². The van der Waals surface area contributed by atoms with E-state index in [0.29, 0.717) is 57.9 Å². The number of benzene rings is 1. The molecule has 0 aliphatic carbocycles. The van der Waals surface area contributed by atoms with E-state index in [1.807, 2.05) is 0 Å². The van der Waals surface area contributed by atoms with Gasteiger partial charge in [-0.2, -0.15) is 0 Å². The molecule has 1 aromatic carbocycles. The highest BCUT2D eigenvalue weighted by Crippen LogP contribution is 2.22. The summed E-state index contributed by atoms with van der Waals surface area (Å²) < 4.78 is 24.3. The van der Waals surface area contributed by atoms with Gasteiger partial charge in [-0.1, -0.05) is 12.1 Å². The van der Waals surface area contributed by atoms with E-state index in [9.17, 15) is 14.0 Å². The summed E-state index contributed by atoms with van der Waals surface area (Å²) in [6.07, 6.45) is 1.99. The lowest BCUT2D eigenvalue weighted by Gasteiger charge is -2.27. The maximum Gasteiger partial charge on any atom is 0.317 e. The van der Waals surface area contributed by atoms with Crippen molar-refractivity contribution in [3.8, 4) is 5.88 Å². The summed E-state index contributed by atoms with van der Waals surface area (Å²) in [6, 6.07) is 9.22. The number of likely N-dealkylation sites (tertiary alicyclic amines) is 1. The van der Waals surface area contributed by atoms with Crippen molar-refractivity contribution < 1.29 is 23.5 Å². The molecule has 9 heteroatoms. The van der Waals surface area contributed by atoms with Crippen LogP contribution in [0.4, 0.5) is 9.18 Å². The zero-order valence-corrected chi connectivity index (χ0v) is 17.1. The van der Waals surface area contributed by atoms with E-state index in [1.165, 1.54) is 12.1 Å². The van der Waals surface area contributed by atoms with Crippen LogP contribution in [0.5, 0.6) is 5.88 Å². The minimum Gasteiger partial charge on any atom is -0.472 e. The molecular weight excluding hydrogens is 403 g/mol. The normalized spacial score (nSPS) is 18.7. The van der Waals surface area contributed by atoms with E-state index in [4.69, 9.17) is 9.47 Å².